The number of allylic oxidation sites excluding steroid dienone is 22. The Labute approximate surface area is 453 Å². The number of hydrogen-bond acceptors (Lipinski definition) is 7. The summed E-state index contributed by atoms with van der Waals surface area (Å²) in [5, 5.41) is 0. The van der Waals surface area contributed by atoms with Crippen molar-refractivity contribution in [3.8, 4) is 0 Å². The van der Waals surface area contributed by atoms with Gasteiger partial charge in [0.15, 0.2) is 6.10 Å². The van der Waals surface area contributed by atoms with Gasteiger partial charge >= 0.3 is 19.8 Å². The number of phosphoric ester groups is 1. The number of rotatable bonds is 51. The fourth-order valence-corrected chi connectivity index (χ4v) is 8.02. The monoisotopic (exact) mass is 1050 g/mol. The largest absolute Gasteiger partial charge is 0.472 e. The number of ether oxygens (including phenoxy) is 2. The number of carbonyl (C=O) groups excluding carboxylic acids is 2. The number of likely N-dealkylation sites (N-methyl/N-ethyl adjacent to an activating group) is 1. The summed E-state index contributed by atoms with van der Waals surface area (Å²) in [6, 6.07) is 0. The number of carbonyl (C=O) groups is 2. The smallest absolute Gasteiger partial charge is 0.462 e. The van der Waals surface area contributed by atoms with Crippen molar-refractivity contribution >= 4 is 19.8 Å². The summed E-state index contributed by atoms with van der Waals surface area (Å²) in [6.45, 7) is 4.14. The molecular weight excluding hydrogens is 942 g/mol. The first kappa shape index (κ1) is 70.1. The van der Waals surface area contributed by atoms with Crippen molar-refractivity contribution in [2.45, 2.75) is 213 Å². The Morgan fingerprint density at radius 3 is 1.09 bits per heavy atom. The van der Waals surface area contributed by atoms with Gasteiger partial charge in [0.25, 0.3) is 0 Å². The highest BCUT2D eigenvalue weighted by Gasteiger charge is 2.27. The number of quaternary nitrogens is 1. The third kappa shape index (κ3) is 57.4. The molecule has 0 aliphatic rings. The Morgan fingerprint density at radius 1 is 0.419 bits per heavy atom. The summed E-state index contributed by atoms with van der Waals surface area (Å²) in [4.78, 5) is 35.6. The van der Waals surface area contributed by atoms with E-state index in [1.165, 1.54) is 57.8 Å². The Morgan fingerprint density at radius 2 is 0.730 bits per heavy atom. The van der Waals surface area contributed by atoms with Crippen molar-refractivity contribution in [2.24, 2.45) is 0 Å². The van der Waals surface area contributed by atoms with Crippen LogP contribution in [0.25, 0.3) is 0 Å². The Balaban J connectivity index is 4.10. The average Bonchev–Trinajstić information content (AvgIpc) is 3.36. The molecule has 0 aromatic heterocycles. The maximum absolute atomic E-state index is 12.8. The lowest BCUT2D eigenvalue weighted by molar-refractivity contribution is -0.870. The molecule has 0 radical (unpaired) electrons. The Bertz CT molecular complexity index is 1710. The molecule has 0 aromatic rings. The lowest BCUT2D eigenvalue weighted by atomic mass is 10.0. The van der Waals surface area contributed by atoms with E-state index in [4.69, 9.17) is 18.5 Å². The van der Waals surface area contributed by atoms with Gasteiger partial charge in [0.2, 0.25) is 0 Å². The quantitative estimate of drug-likeness (QED) is 0.0211. The van der Waals surface area contributed by atoms with E-state index in [9.17, 15) is 19.0 Å². The SMILES string of the molecule is CC/C=C\C/C=C\C/C=C\C/C=C\C/C=C\C/C=C\C/C=C\C/C=C\CCCCCCCCCCCCCCC(=O)OC(COC(=O)CCCCC/C=C\C/C=C\C/C=C\CC)COP(=O)(O)OCC[N+](C)(C)C. The zero-order chi connectivity index (χ0) is 54.2. The maximum atomic E-state index is 12.8. The number of nitrogens with zero attached hydrogens (tertiary/aromatic N) is 1. The standard InChI is InChI=1S/C64H106NO8P/c1-6-8-10-12-14-16-18-20-21-22-23-24-25-26-27-28-29-30-31-32-33-34-35-36-37-38-39-40-41-42-43-45-47-49-51-53-55-57-64(67)73-62(61-72-74(68,69)71-59-58-65(3,4)5)60-70-63(66)56-54-52-50-48-46-44-19-17-15-13-11-9-7-2/h8-11,14-17,20-21,23-24,26-27,29-30,32-33,35-36,44,46,62H,6-7,12-13,18-19,22,25,28,31,34,37-43,45,47-61H2,1-5H3/p+1/b10-8-,11-9-,16-14-,17-15-,21-20-,24-23-,27-26-,30-29-,33-32-,36-35-,46-44-. The van der Waals surface area contributed by atoms with Gasteiger partial charge in [-0.15, -0.1) is 0 Å². The molecule has 0 heterocycles. The summed E-state index contributed by atoms with van der Waals surface area (Å²) in [6.07, 6.45) is 78.2. The van der Waals surface area contributed by atoms with Gasteiger partial charge in [0.1, 0.15) is 19.8 Å². The lowest BCUT2D eigenvalue weighted by Gasteiger charge is -2.24. The van der Waals surface area contributed by atoms with Crippen LogP contribution in [0.4, 0.5) is 0 Å². The first-order valence-electron chi connectivity index (χ1n) is 28.9. The zero-order valence-electron chi connectivity index (χ0n) is 47.5. The molecule has 0 rings (SSSR count). The molecule has 0 saturated heterocycles. The zero-order valence-corrected chi connectivity index (χ0v) is 48.4. The third-order valence-electron chi connectivity index (χ3n) is 11.7. The second-order valence-electron chi connectivity index (χ2n) is 19.9. The fraction of sp³-hybridized carbons (Fsp3) is 0.625. The van der Waals surface area contributed by atoms with Gasteiger partial charge in [-0.3, -0.25) is 18.6 Å². The number of phosphoric acid groups is 1. The molecule has 9 nitrogen and oxygen atoms in total. The second-order valence-corrected chi connectivity index (χ2v) is 21.4. The van der Waals surface area contributed by atoms with E-state index in [1.54, 1.807) is 0 Å². The van der Waals surface area contributed by atoms with Gasteiger partial charge in [-0.1, -0.05) is 218 Å². The van der Waals surface area contributed by atoms with Crippen LogP contribution >= 0.6 is 7.82 Å². The highest BCUT2D eigenvalue weighted by molar-refractivity contribution is 7.47. The molecule has 2 unspecified atom stereocenters. The van der Waals surface area contributed by atoms with Crippen LogP contribution in [0, 0.1) is 0 Å². The van der Waals surface area contributed by atoms with Crippen molar-refractivity contribution in [2.75, 3.05) is 47.5 Å². The fourth-order valence-electron chi connectivity index (χ4n) is 7.28. The average molecular weight is 1050 g/mol. The molecule has 0 bridgehead atoms. The molecule has 0 aliphatic carbocycles. The van der Waals surface area contributed by atoms with Crippen LogP contribution < -0.4 is 0 Å². The summed E-state index contributed by atoms with van der Waals surface area (Å²) in [7, 11) is 1.44. The van der Waals surface area contributed by atoms with E-state index < -0.39 is 32.5 Å². The molecule has 420 valence electrons. The van der Waals surface area contributed by atoms with Crippen molar-refractivity contribution in [1.29, 1.82) is 0 Å². The minimum atomic E-state index is -4.40. The molecule has 0 aliphatic heterocycles. The van der Waals surface area contributed by atoms with E-state index in [1.807, 2.05) is 21.1 Å². The number of hydrogen-bond donors (Lipinski definition) is 1. The van der Waals surface area contributed by atoms with Crippen LogP contribution in [0.5, 0.6) is 0 Å². The summed E-state index contributed by atoms with van der Waals surface area (Å²) in [5.74, 6) is -0.843. The van der Waals surface area contributed by atoms with Crippen LogP contribution in [0.15, 0.2) is 134 Å². The van der Waals surface area contributed by atoms with E-state index in [-0.39, 0.29) is 26.1 Å². The molecule has 10 heteroatoms. The number of unbranched alkanes of at least 4 members (excludes halogenated alkanes) is 15. The van der Waals surface area contributed by atoms with Gasteiger partial charge in [-0.25, -0.2) is 4.57 Å². The normalized spacial score (nSPS) is 14.3. The molecule has 0 spiro atoms. The van der Waals surface area contributed by atoms with Crippen LogP contribution in [-0.2, 0) is 32.7 Å². The Kier molecular flexibility index (Phi) is 51.2. The van der Waals surface area contributed by atoms with Crippen molar-refractivity contribution in [1.82, 2.24) is 0 Å². The second kappa shape index (κ2) is 54.0. The first-order valence-corrected chi connectivity index (χ1v) is 30.4. The molecule has 1 N–H and O–H groups in total. The first-order chi connectivity index (χ1) is 36.0. The van der Waals surface area contributed by atoms with Crippen molar-refractivity contribution in [3.63, 3.8) is 0 Å². The molecule has 0 amide bonds. The van der Waals surface area contributed by atoms with Gasteiger partial charge < -0.3 is 18.9 Å². The van der Waals surface area contributed by atoms with E-state index >= 15 is 0 Å². The van der Waals surface area contributed by atoms with E-state index in [0.29, 0.717) is 23.9 Å². The van der Waals surface area contributed by atoms with Gasteiger partial charge in [-0.05, 0) is 109 Å². The molecule has 0 aromatic carbocycles. The summed E-state index contributed by atoms with van der Waals surface area (Å²) in [5.41, 5.74) is 0. The van der Waals surface area contributed by atoms with Gasteiger partial charge in [0.05, 0.1) is 27.7 Å². The third-order valence-corrected chi connectivity index (χ3v) is 12.7. The van der Waals surface area contributed by atoms with Gasteiger partial charge in [-0.2, -0.15) is 0 Å². The summed E-state index contributed by atoms with van der Waals surface area (Å²) < 4.78 is 34.4. The van der Waals surface area contributed by atoms with Crippen LogP contribution in [0.3, 0.4) is 0 Å². The summed E-state index contributed by atoms with van der Waals surface area (Å²) >= 11 is 0. The molecule has 2 atom stereocenters. The van der Waals surface area contributed by atoms with Crippen LogP contribution in [0.2, 0.25) is 0 Å². The maximum Gasteiger partial charge on any atom is 0.472 e. The predicted octanol–water partition coefficient (Wildman–Crippen LogP) is 18.1. The highest BCUT2D eigenvalue weighted by atomic mass is 31.2. The molecule has 0 fully saturated rings. The number of esters is 2. The van der Waals surface area contributed by atoms with Crippen LogP contribution in [0.1, 0.15) is 206 Å². The molecule has 74 heavy (non-hydrogen) atoms. The minimum absolute atomic E-state index is 0.0202. The van der Waals surface area contributed by atoms with Crippen molar-refractivity contribution in [3.05, 3.63) is 134 Å². The topological polar surface area (TPSA) is 108 Å². The predicted molar refractivity (Wildman–Crippen MR) is 316 cm³/mol. The molecule has 0 saturated carbocycles. The van der Waals surface area contributed by atoms with Gasteiger partial charge in [0, 0.05) is 12.8 Å². The molecular formula is C64H107NO8P+. The van der Waals surface area contributed by atoms with Crippen LogP contribution in [-0.4, -0.2) is 74.9 Å². The Hall–Kier alpha value is -3.85. The van der Waals surface area contributed by atoms with Crippen molar-refractivity contribution < 1.29 is 42.1 Å². The minimum Gasteiger partial charge on any atom is -0.462 e. The highest BCUT2D eigenvalue weighted by Crippen LogP contribution is 2.43. The lowest BCUT2D eigenvalue weighted by Crippen LogP contribution is -2.37. The van der Waals surface area contributed by atoms with E-state index in [2.05, 4.69) is 148 Å². The van der Waals surface area contributed by atoms with E-state index in [0.717, 1.165) is 109 Å².